The Labute approximate surface area is 168 Å². The van der Waals surface area contributed by atoms with Gasteiger partial charge in [-0.1, -0.05) is 23.7 Å². The summed E-state index contributed by atoms with van der Waals surface area (Å²) in [5.41, 5.74) is 1.22. The van der Waals surface area contributed by atoms with Crippen LogP contribution in [0.15, 0.2) is 30.5 Å². The number of para-hydroxylation sites is 1. The van der Waals surface area contributed by atoms with E-state index in [9.17, 15) is 9.59 Å². The second-order valence-electron chi connectivity index (χ2n) is 6.51. The number of urea groups is 1. The fourth-order valence-electron chi connectivity index (χ4n) is 2.94. The van der Waals surface area contributed by atoms with Gasteiger partial charge in [0, 0.05) is 24.4 Å². The maximum absolute atomic E-state index is 13.3. The van der Waals surface area contributed by atoms with Gasteiger partial charge >= 0.3 is 6.03 Å². The second-order valence-corrected chi connectivity index (χ2v) is 6.92. The summed E-state index contributed by atoms with van der Waals surface area (Å²) in [5, 5.41) is 3.54. The van der Waals surface area contributed by atoms with Crippen molar-refractivity contribution in [2.75, 3.05) is 21.7 Å². The molecule has 0 aliphatic carbocycles. The van der Waals surface area contributed by atoms with Gasteiger partial charge in [0.2, 0.25) is 5.95 Å². The summed E-state index contributed by atoms with van der Waals surface area (Å²) in [4.78, 5) is 36.5. The molecule has 28 heavy (non-hydrogen) atoms. The molecule has 2 amide bonds. The number of aldehydes is 1. The van der Waals surface area contributed by atoms with Crippen LogP contribution in [0.2, 0.25) is 5.02 Å². The average Bonchev–Trinajstić information content (AvgIpc) is 2.66. The van der Waals surface area contributed by atoms with E-state index in [2.05, 4.69) is 15.3 Å². The number of nitrogens with zero attached hydrogens (tertiary/aromatic N) is 4. The Kier molecular flexibility index (Phi) is 6.11. The van der Waals surface area contributed by atoms with Gasteiger partial charge < -0.3 is 10.1 Å². The van der Waals surface area contributed by atoms with Crippen molar-refractivity contribution in [3.8, 4) is 0 Å². The van der Waals surface area contributed by atoms with Crippen LogP contribution >= 0.6 is 11.6 Å². The molecule has 0 fully saturated rings. The van der Waals surface area contributed by atoms with Gasteiger partial charge in [-0.3, -0.25) is 9.69 Å². The molecule has 0 radical (unpaired) electrons. The predicted octanol–water partition coefficient (Wildman–Crippen LogP) is 3.46. The van der Waals surface area contributed by atoms with Crippen molar-refractivity contribution in [1.29, 1.82) is 0 Å². The fraction of sp³-hybridized carbons (Fsp3) is 0.368. The first-order valence-corrected chi connectivity index (χ1v) is 9.38. The highest BCUT2D eigenvalue weighted by Gasteiger charge is 2.38. The van der Waals surface area contributed by atoms with E-state index in [4.69, 9.17) is 16.3 Å². The molecule has 1 atom stereocenters. The molecule has 1 aromatic carbocycles. The Morgan fingerprint density at radius 1 is 1.36 bits per heavy atom. The predicted molar refractivity (Wildman–Crippen MR) is 108 cm³/mol. The molecule has 1 aliphatic heterocycles. The van der Waals surface area contributed by atoms with E-state index >= 15 is 0 Å². The average molecular weight is 404 g/mol. The minimum Gasteiger partial charge on any atom is -0.352 e. The molecule has 148 valence electrons. The van der Waals surface area contributed by atoms with E-state index in [1.165, 1.54) is 9.80 Å². The summed E-state index contributed by atoms with van der Waals surface area (Å²) in [6.45, 7) is 6.16. The highest BCUT2D eigenvalue weighted by molar-refractivity contribution is 6.34. The lowest BCUT2D eigenvalue weighted by molar-refractivity contribution is -0.117. The highest BCUT2D eigenvalue weighted by Crippen LogP contribution is 2.35. The van der Waals surface area contributed by atoms with Crippen LogP contribution in [-0.2, 0) is 16.1 Å². The van der Waals surface area contributed by atoms with Gasteiger partial charge in [-0.25, -0.2) is 14.7 Å². The lowest BCUT2D eigenvalue weighted by Crippen LogP contribution is -2.54. The van der Waals surface area contributed by atoms with Crippen molar-refractivity contribution < 1.29 is 14.3 Å². The molecule has 0 saturated carbocycles. The number of aromatic nitrogens is 2. The fourth-order valence-corrected chi connectivity index (χ4v) is 3.18. The maximum atomic E-state index is 13.3. The third-order valence-corrected chi connectivity index (χ3v) is 4.42. The first-order chi connectivity index (χ1) is 13.5. The van der Waals surface area contributed by atoms with E-state index in [0.717, 1.165) is 0 Å². The zero-order valence-corrected chi connectivity index (χ0v) is 16.7. The summed E-state index contributed by atoms with van der Waals surface area (Å²) < 4.78 is 5.49. The Hall–Kier alpha value is -2.71. The lowest BCUT2D eigenvalue weighted by atomic mass is 10.2. The third-order valence-electron chi connectivity index (χ3n) is 4.10. The van der Waals surface area contributed by atoms with Crippen molar-refractivity contribution in [2.45, 2.75) is 39.6 Å². The van der Waals surface area contributed by atoms with Crippen LogP contribution in [0.5, 0.6) is 0 Å². The normalized spacial score (nSPS) is 14.8. The van der Waals surface area contributed by atoms with E-state index in [1.54, 1.807) is 37.4 Å². The van der Waals surface area contributed by atoms with Crippen LogP contribution in [0.3, 0.4) is 0 Å². The molecule has 0 saturated heterocycles. The molecule has 8 nitrogen and oxygen atoms in total. The highest BCUT2D eigenvalue weighted by atomic mass is 35.5. The van der Waals surface area contributed by atoms with Gasteiger partial charge in [0.1, 0.15) is 5.82 Å². The van der Waals surface area contributed by atoms with Gasteiger partial charge in [-0.05, 0) is 32.9 Å². The number of carbonyl (C=O) groups is 2. The van der Waals surface area contributed by atoms with Crippen molar-refractivity contribution in [3.63, 3.8) is 0 Å². The maximum Gasteiger partial charge on any atom is 0.333 e. The summed E-state index contributed by atoms with van der Waals surface area (Å²) in [7, 11) is 0. The molecule has 1 aliphatic rings. The molecule has 1 unspecified atom stereocenters. The summed E-state index contributed by atoms with van der Waals surface area (Å²) in [6, 6.07) is 6.69. The Morgan fingerprint density at radius 3 is 2.75 bits per heavy atom. The summed E-state index contributed by atoms with van der Waals surface area (Å²) in [6.07, 6.45) is 1.12. The van der Waals surface area contributed by atoms with Gasteiger partial charge in [-0.2, -0.15) is 4.98 Å². The number of benzene rings is 1. The minimum absolute atomic E-state index is 0.110. The quantitative estimate of drug-likeness (QED) is 0.712. The molecule has 2 heterocycles. The molecular formula is C19H22ClN5O3. The number of nitrogens with one attached hydrogen (secondary N) is 1. The van der Waals surface area contributed by atoms with Crippen molar-refractivity contribution in [1.82, 2.24) is 9.97 Å². The van der Waals surface area contributed by atoms with Crippen molar-refractivity contribution in [2.24, 2.45) is 0 Å². The monoisotopic (exact) mass is 403 g/mol. The van der Waals surface area contributed by atoms with Gasteiger partial charge in [0.15, 0.2) is 12.5 Å². The molecule has 1 N–H and O–H groups in total. The molecular weight excluding hydrogens is 382 g/mol. The number of carbonyl (C=O) groups excluding carboxylic acids is 2. The molecule has 1 aromatic heterocycles. The number of hydrogen-bond acceptors (Lipinski definition) is 6. The van der Waals surface area contributed by atoms with Crippen LogP contribution in [-0.4, -0.2) is 41.2 Å². The minimum atomic E-state index is -1.11. The van der Waals surface area contributed by atoms with E-state index in [-0.39, 0.29) is 19.2 Å². The number of hydrogen-bond donors (Lipinski definition) is 1. The number of anilines is 3. The number of ether oxygens (including phenoxy) is 1. The number of rotatable bonds is 7. The number of fused-ring (bicyclic) bond motifs is 1. The SMILES string of the molecule is CCOC(C=O)N1C(=O)N(c2ccccc2Cl)Cc2cnc(NC(C)C)nc21. The van der Waals surface area contributed by atoms with Gasteiger partial charge in [0.05, 0.1) is 17.3 Å². The van der Waals surface area contributed by atoms with E-state index in [1.807, 2.05) is 13.8 Å². The van der Waals surface area contributed by atoms with E-state index < -0.39 is 12.3 Å². The zero-order valence-electron chi connectivity index (χ0n) is 15.9. The number of halogens is 1. The standard InChI is InChI=1S/C19H22ClN5O3/c1-4-28-16(11-26)25-17-13(9-21-18(23-17)22-12(2)3)10-24(19(25)27)15-8-6-5-7-14(15)20/h5-9,11-12,16H,4,10H2,1-3H3,(H,21,22,23). The van der Waals surface area contributed by atoms with Crippen LogP contribution in [0, 0.1) is 0 Å². The van der Waals surface area contributed by atoms with Crippen LogP contribution < -0.4 is 15.1 Å². The second kappa shape index (κ2) is 8.53. The summed E-state index contributed by atoms with van der Waals surface area (Å²) in [5.74, 6) is 0.718. The van der Waals surface area contributed by atoms with Crippen LogP contribution in [0.4, 0.5) is 22.2 Å². The summed E-state index contributed by atoms with van der Waals surface area (Å²) >= 11 is 6.30. The van der Waals surface area contributed by atoms with Crippen LogP contribution in [0.25, 0.3) is 0 Å². The van der Waals surface area contributed by atoms with Crippen molar-refractivity contribution in [3.05, 3.63) is 41.0 Å². The zero-order chi connectivity index (χ0) is 20.3. The number of amides is 2. The van der Waals surface area contributed by atoms with Gasteiger partial charge in [-0.15, -0.1) is 0 Å². The first kappa shape index (κ1) is 20.0. The molecule has 3 rings (SSSR count). The largest absolute Gasteiger partial charge is 0.352 e. The molecule has 9 heteroatoms. The van der Waals surface area contributed by atoms with Crippen molar-refractivity contribution >= 4 is 41.4 Å². The Bertz CT molecular complexity index is 876. The van der Waals surface area contributed by atoms with Gasteiger partial charge in [0.25, 0.3) is 0 Å². The smallest absolute Gasteiger partial charge is 0.333 e. The topological polar surface area (TPSA) is 87.7 Å². The van der Waals surface area contributed by atoms with Crippen LogP contribution in [0.1, 0.15) is 26.3 Å². The van der Waals surface area contributed by atoms with E-state index in [0.29, 0.717) is 34.3 Å². The first-order valence-electron chi connectivity index (χ1n) is 9.00. The molecule has 0 bridgehead atoms. The lowest BCUT2D eigenvalue weighted by Gasteiger charge is -2.38. The molecule has 2 aromatic rings. The molecule has 0 spiro atoms. The Balaban J connectivity index is 2.10. The third kappa shape index (κ3) is 3.93. The Morgan fingerprint density at radius 2 is 2.11 bits per heavy atom.